The number of hydrogen-bond acceptors (Lipinski definition) is 3. The van der Waals surface area contributed by atoms with E-state index in [2.05, 4.69) is 48.5 Å². The van der Waals surface area contributed by atoms with Gasteiger partial charge in [-0.1, -0.05) is 12.1 Å². The maximum atomic E-state index is 5.46. The zero-order chi connectivity index (χ0) is 14.5. The molecule has 1 heterocycles. The molecule has 108 valence electrons. The average molecular weight is 273 g/mol. The van der Waals surface area contributed by atoms with Gasteiger partial charge in [0.1, 0.15) is 5.75 Å². The largest absolute Gasteiger partial charge is 0.496 e. The second-order valence-corrected chi connectivity index (χ2v) is 5.15. The first-order valence-electron chi connectivity index (χ1n) is 6.96. The molecule has 0 fully saturated rings. The van der Waals surface area contributed by atoms with Crippen LogP contribution in [0.15, 0.2) is 30.5 Å². The Labute approximate surface area is 120 Å². The summed E-state index contributed by atoms with van der Waals surface area (Å²) in [5.74, 6) is 0.947. The molecule has 0 aliphatic carbocycles. The summed E-state index contributed by atoms with van der Waals surface area (Å²) < 4.78 is 7.29. The van der Waals surface area contributed by atoms with Gasteiger partial charge in [-0.3, -0.25) is 4.68 Å². The van der Waals surface area contributed by atoms with Crippen LogP contribution < -0.4 is 10.1 Å². The van der Waals surface area contributed by atoms with Gasteiger partial charge in [0.05, 0.1) is 12.8 Å². The van der Waals surface area contributed by atoms with Crippen molar-refractivity contribution >= 4 is 0 Å². The summed E-state index contributed by atoms with van der Waals surface area (Å²) in [5, 5.41) is 7.90. The van der Waals surface area contributed by atoms with E-state index in [-0.39, 0.29) is 6.04 Å². The number of ether oxygens (including phenoxy) is 1. The topological polar surface area (TPSA) is 39.1 Å². The lowest BCUT2D eigenvalue weighted by Gasteiger charge is -2.17. The Morgan fingerprint density at radius 3 is 2.80 bits per heavy atom. The Bertz CT molecular complexity index is 563. The van der Waals surface area contributed by atoms with Crippen molar-refractivity contribution in [2.45, 2.75) is 26.3 Å². The van der Waals surface area contributed by atoms with Crippen molar-refractivity contribution < 1.29 is 4.74 Å². The fraction of sp³-hybridized carbons (Fsp3) is 0.438. The molecular weight excluding hydrogens is 250 g/mol. The van der Waals surface area contributed by atoms with Gasteiger partial charge >= 0.3 is 0 Å². The molecule has 0 radical (unpaired) electrons. The maximum absolute atomic E-state index is 5.46. The second kappa shape index (κ2) is 6.57. The molecular formula is C16H23N3O. The van der Waals surface area contributed by atoms with Crippen molar-refractivity contribution in [1.29, 1.82) is 0 Å². The number of hydrogen-bond donors (Lipinski definition) is 1. The van der Waals surface area contributed by atoms with Gasteiger partial charge in [0.15, 0.2) is 0 Å². The lowest BCUT2D eigenvalue weighted by molar-refractivity contribution is 0.401. The first-order chi connectivity index (χ1) is 9.60. The van der Waals surface area contributed by atoms with Gasteiger partial charge in [0, 0.05) is 37.8 Å². The maximum Gasteiger partial charge on any atom is 0.123 e. The average Bonchev–Trinajstić information content (AvgIpc) is 2.84. The summed E-state index contributed by atoms with van der Waals surface area (Å²) in [6.07, 6.45) is 2.90. The van der Waals surface area contributed by atoms with Crippen molar-refractivity contribution in [2.75, 3.05) is 13.7 Å². The van der Waals surface area contributed by atoms with Crippen LogP contribution in [-0.4, -0.2) is 23.4 Å². The Morgan fingerprint density at radius 2 is 2.15 bits per heavy atom. The van der Waals surface area contributed by atoms with E-state index in [9.17, 15) is 0 Å². The molecule has 0 saturated heterocycles. The molecule has 1 atom stereocenters. The molecule has 1 N–H and O–H groups in total. The van der Waals surface area contributed by atoms with Crippen LogP contribution in [0.2, 0.25) is 0 Å². The van der Waals surface area contributed by atoms with E-state index in [1.54, 1.807) is 7.11 Å². The number of nitrogens with zero attached hydrogens (tertiary/aromatic N) is 2. The molecule has 0 amide bonds. The Balaban J connectivity index is 1.93. The van der Waals surface area contributed by atoms with E-state index in [0.717, 1.165) is 24.4 Å². The third-order valence-corrected chi connectivity index (χ3v) is 3.46. The van der Waals surface area contributed by atoms with Gasteiger partial charge in [0.2, 0.25) is 0 Å². The monoisotopic (exact) mass is 273 g/mol. The third-order valence-electron chi connectivity index (χ3n) is 3.46. The zero-order valence-corrected chi connectivity index (χ0v) is 12.7. The van der Waals surface area contributed by atoms with Crippen molar-refractivity contribution in [2.24, 2.45) is 7.05 Å². The van der Waals surface area contributed by atoms with Gasteiger partial charge < -0.3 is 10.1 Å². The predicted molar refractivity (Wildman–Crippen MR) is 81.1 cm³/mol. The molecule has 0 bridgehead atoms. The number of rotatable bonds is 6. The number of nitrogens with one attached hydrogen (secondary N) is 1. The molecule has 0 spiro atoms. The fourth-order valence-corrected chi connectivity index (χ4v) is 2.30. The van der Waals surface area contributed by atoms with Gasteiger partial charge in [-0.05, 0) is 31.5 Å². The lowest BCUT2D eigenvalue weighted by atomic mass is 10.0. The van der Waals surface area contributed by atoms with E-state index in [1.807, 2.05) is 17.9 Å². The molecule has 0 saturated carbocycles. The molecule has 20 heavy (non-hydrogen) atoms. The van der Waals surface area contributed by atoms with E-state index in [0.29, 0.717) is 0 Å². The highest BCUT2D eigenvalue weighted by atomic mass is 16.5. The highest BCUT2D eigenvalue weighted by molar-refractivity contribution is 5.39. The van der Waals surface area contributed by atoms with Crippen LogP contribution in [0.3, 0.4) is 0 Å². The predicted octanol–water partition coefficient (Wildman–Crippen LogP) is 2.63. The smallest absolute Gasteiger partial charge is 0.123 e. The number of aromatic nitrogens is 2. The van der Waals surface area contributed by atoms with Crippen molar-refractivity contribution in [3.05, 3.63) is 47.3 Å². The molecule has 1 unspecified atom stereocenters. The quantitative estimate of drug-likeness (QED) is 0.879. The number of methoxy groups -OCH3 is 1. The van der Waals surface area contributed by atoms with Crippen LogP contribution in [0.5, 0.6) is 5.75 Å². The highest BCUT2D eigenvalue weighted by Gasteiger charge is 2.11. The van der Waals surface area contributed by atoms with Crippen molar-refractivity contribution in [3.8, 4) is 5.75 Å². The Hall–Kier alpha value is -1.81. The van der Waals surface area contributed by atoms with E-state index >= 15 is 0 Å². The van der Waals surface area contributed by atoms with E-state index < -0.39 is 0 Å². The minimum absolute atomic E-state index is 0.259. The number of benzene rings is 1. The van der Waals surface area contributed by atoms with Crippen LogP contribution in [-0.2, 0) is 13.5 Å². The molecule has 2 aromatic rings. The zero-order valence-electron chi connectivity index (χ0n) is 12.7. The first kappa shape index (κ1) is 14.6. The minimum atomic E-state index is 0.259. The van der Waals surface area contributed by atoms with E-state index in [1.165, 1.54) is 11.1 Å². The standard InChI is InChI=1S/C16H23N3O/c1-12-5-6-15(16(11-12)20-4)13(2)17-9-7-14-8-10-19(3)18-14/h5-6,8,10-11,13,17H,7,9H2,1-4H3. The van der Waals surface area contributed by atoms with Crippen molar-refractivity contribution in [3.63, 3.8) is 0 Å². The highest BCUT2D eigenvalue weighted by Crippen LogP contribution is 2.25. The van der Waals surface area contributed by atoms with Gasteiger partial charge in [-0.15, -0.1) is 0 Å². The summed E-state index contributed by atoms with van der Waals surface area (Å²) in [7, 11) is 3.66. The Kier molecular flexibility index (Phi) is 4.79. The van der Waals surface area contributed by atoms with E-state index in [4.69, 9.17) is 4.74 Å². The minimum Gasteiger partial charge on any atom is -0.496 e. The van der Waals surface area contributed by atoms with Crippen LogP contribution in [0.25, 0.3) is 0 Å². The molecule has 4 nitrogen and oxygen atoms in total. The van der Waals surface area contributed by atoms with Gasteiger partial charge in [0.25, 0.3) is 0 Å². The SMILES string of the molecule is COc1cc(C)ccc1C(C)NCCc1ccn(C)n1. The van der Waals surface area contributed by atoms with Crippen molar-refractivity contribution in [1.82, 2.24) is 15.1 Å². The van der Waals surface area contributed by atoms with Crippen LogP contribution in [0.4, 0.5) is 0 Å². The molecule has 0 aliphatic rings. The second-order valence-electron chi connectivity index (χ2n) is 5.15. The summed E-state index contributed by atoms with van der Waals surface area (Å²) >= 11 is 0. The van der Waals surface area contributed by atoms with Crippen LogP contribution in [0.1, 0.15) is 29.8 Å². The van der Waals surface area contributed by atoms with Crippen LogP contribution >= 0.6 is 0 Å². The van der Waals surface area contributed by atoms with Crippen LogP contribution in [0, 0.1) is 6.92 Å². The first-order valence-corrected chi connectivity index (χ1v) is 6.96. The normalized spacial score (nSPS) is 12.4. The summed E-state index contributed by atoms with van der Waals surface area (Å²) in [6, 6.07) is 8.64. The molecule has 2 rings (SSSR count). The fourth-order valence-electron chi connectivity index (χ4n) is 2.30. The third kappa shape index (κ3) is 3.61. The summed E-state index contributed by atoms with van der Waals surface area (Å²) in [6.45, 7) is 5.13. The molecule has 1 aromatic heterocycles. The summed E-state index contributed by atoms with van der Waals surface area (Å²) in [4.78, 5) is 0. The molecule has 0 aliphatic heterocycles. The lowest BCUT2D eigenvalue weighted by Crippen LogP contribution is -2.22. The molecule has 1 aromatic carbocycles. The number of aryl methyl sites for hydroxylation is 2. The molecule has 4 heteroatoms. The Morgan fingerprint density at radius 1 is 1.35 bits per heavy atom. The van der Waals surface area contributed by atoms with Gasteiger partial charge in [-0.25, -0.2) is 0 Å². The van der Waals surface area contributed by atoms with Gasteiger partial charge in [-0.2, -0.15) is 5.10 Å². The summed E-state index contributed by atoms with van der Waals surface area (Å²) in [5.41, 5.74) is 3.52.